The summed E-state index contributed by atoms with van der Waals surface area (Å²) in [4.78, 5) is 23.8. The predicted octanol–water partition coefficient (Wildman–Crippen LogP) is 3.54. The van der Waals surface area contributed by atoms with Gasteiger partial charge in [0.05, 0.1) is 16.6 Å². The molecule has 1 aliphatic rings. The number of carbonyl (C=O) groups is 2. The highest BCUT2D eigenvalue weighted by atomic mass is 35.5. The van der Waals surface area contributed by atoms with E-state index in [-0.39, 0.29) is 22.6 Å². The van der Waals surface area contributed by atoms with Gasteiger partial charge in [0.15, 0.2) is 6.10 Å². The fourth-order valence-electron chi connectivity index (χ4n) is 2.31. The van der Waals surface area contributed by atoms with Crippen LogP contribution in [0.15, 0.2) is 18.2 Å². The van der Waals surface area contributed by atoms with Crippen LogP contribution < -0.4 is 5.32 Å². The average molecular weight is 314 g/mol. The minimum Gasteiger partial charge on any atom is -0.452 e. The second-order valence-corrected chi connectivity index (χ2v) is 5.58. The van der Waals surface area contributed by atoms with Gasteiger partial charge in [-0.25, -0.2) is 4.39 Å². The first kappa shape index (κ1) is 15.8. The minimum atomic E-state index is -0.917. The maximum Gasteiger partial charge on any atom is 0.309 e. The number of benzene rings is 1. The number of nitrogens with one attached hydrogen (secondary N) is 1. The summed E-state index contributed by atoms with van der Waals surface area (Å²) in [5, 5.41) is 2.61. The number of anilines is 1. The van der Waals surface area contributed by atoms with Crippen LogP contribution in [0.3, 0.4) is 0 Å². The third kappa shape index (κ3) is 4.17. The van der Waals surface area contributed by atoms with Gasteiger partial charge in [-0.3, -0.25) is 9.59 Å². The van der Waals surface area contributed by atoms with Crippen LogP contribution in [0.1, 0.15) is 32.6 Å². The van der Waals surface area contributed by atoms with Crippen molar-refractivity contribution >= 4 is 29.2 Å². The summed E-state index contributed by atoms with van der Waals surface area (Å²) in [7, 11) is 0. The van der Waals surface area contributed by atoms with Crippen LogP contribution in [0.25, 0.3) is 0 Å². The number of hydrogen-bond donors (Lipinski definition) is 1. The Morgan fingerprint density at radius 3 is 2.67 bits per heavy atom. The number of hydrogen-bond acceptors (Lipinski definition) is 3. The zero-order chi connectivity index (χ0) is 15.4. The molecule has 21 heavy (non-hydrogen) atoms. The molecular formula is C15H17ClFNO3. The van der Waals surface area contributed by atoms with E-state index in [1.165, 1.54) is 19.1 Å². The molecule has 0 spiro atoms. The average Bonchev–Trinajstić information content (AvgIpc) is 2.95. The van der Waals surface area contributed by atoms with Crippen molar-refractivity contribution in [2.75, 3.05) is 5.32 Å². The highest BCUT2D eigenvalue weighted by molar-refractivity contribution is 6.33. The lowest BCUT2D eigenvalue weighted by molar-refractivity contribution is -0.157. The summed E-state index contributed by atoms with van der Waals surface area (Å²) < 4.78 is 18.1. The second-order valence-electron chi connectivity index (χ2n) is 5.17. The highest BCUT2D eigenvalue weighted by Gasteiger charge is 2.27. The Morgan fingerprint density at radius 1 is 1.38 bits per heavy atom. The van der Waals surface area contributed by atoms with Crippen LogP contribution in [-0.4, -0.2) is 18.0 Å². The highest BCUT2D eigenvalue weighted by Crippen LogP contribution is 2.26. The Labute approximate surface area is 127 Å². The van der Waals surface area contributed by atoms with Crippen LogP contribution >= 0.6 is 11.6 Å². The van der Waals surface area contributed by atoms with Gasteiger partial charge in [-0.2, -0.15) is 0 Å². The largest absolute Gasteiger partial charge is 0.452 e. The van der Waals surface area contributed by atoms with Crippen LogP contribution in [0.5, 0.6) is 0 Å². The Balaban J connectivity index is 1.91. The molecule has 1 amide bonds. The van der Waals surface area contributed by atoms with E-state index in [4.69, 9.17) is 16.3 Å². The lowest BCUT2D eigenvalue weighted by Crippen LogP contribution is -2.31. The molecule has 0 aromatic heterocycles. The predicted molar refractivity (Wildman–Crippen MR) is 77.6 cm³/mol. The van der Waals surface area contributed by atoms with Crippen LogP contribution in [-0.2, 0) is 14.3 Å². The molecule has 6 heteroatoms. The monoisotopic (exact) mass is 313 g/mol. The summed E-state index contributed by atoms with van der Waals surface area (Å²) in [6.45, 7) is 1.50. The summed E-state index contributed by atoms with van der Waals surface area (Å²) >= 11 is 5.83. The molecule has 1 saturated carbocycles. The van der Waals surface area contributed by atoms with E-state index in [2.05, 4.69) is 5.32 Å². The molecule has 1 fully saturated rings. The lowest BCUT2D eigenvalue weighted by Gasteiger charge is -2.16. The normalized spacial score (nSPS) is 16.5. The topological polar surface area (TPSA) is 55.4 Å². The molecule has 1 aliphatic carbocycles. The van der Waals surface area contributed by atoms with Gasteiger partial charge in [0.25, 0.3) is 5.91 Å². The molecule has 0 unspecified atom stereocenters. The van der Waals surface area contributed by atoms with E-state index < -0.39 is 17.8 Å². The summed E-state index contributed by atoms with van der Waals surface area (Å²) in [6, 6.07) is 3.66. The van der Waals surface area contributed by atoms with Crippen LogP contribution in [0, 0.1) is 11.7 Å². The summed E-state index contributed by atoms with van der Waals surface area (Å²) in [5.74, 6) is -1.41. The van der Waals surface area contributed by atoms with E-state index in [0.29, 0.717) is 0 Å². The standard InChI is InChI=1S/C15H17ClFNO3/c1-9(21-15(20)10-4-2-3-5-10)14(19)18-13-7-6-11(17)8-12(13)16/h6-10H,2-5H2,1H3,(H,18,19)/t9-/m1/s1. The third-order valence-corrected chi connectivity index (χ3v) is 3.85. The van der Waals surface area contributed by atoms with E-state index in [1.807, 2.05) is 0 Å². The number of halogens is 2. The van der Waals surface area contributed by atoms with Crippen LogP contribution in [0.2, 0.25) is 5.02 Å². The fraction of sp³-hybridized carbons (Fsp3) is 0.467. The van der Waals surface area contributed by atoms with E-state index >= 15 is 0 Å². The van der Waals surface area contributed by atoms with E-state index in [0.717, 1.165) is 31.7 Å². The molecule has 0 saturated heterocycles. The SMILES string of the molecule is C[C@@H](OC(=O)C1CCCC1)C(=O)Nc1ccc(F)cc1Cl. The Kier molecular flexibility index (Phi) is 5.17. The van der Waals surface area contributed by atoms with Gasteiger partial charge in [0, 0.05) is 0 Å². The van der Waals surface area contributed by atoms with Crippen LogP contribution in [0.4, 0.5) is 10.1 Å². The zero-order valence-electron chi connectivity index (χ0n) is 11.7. The summed E-state index contributed by atoms with van der Waals surface area (Å²) in [5.41, 5.74) is 0.284. The van der Waals surface area contributed by atoms with Crippen molar-refractivity contribution in [3.8, 4) is 0 Å². The molecular weight excluding hydrogens is 297 g/mol. The molecule has 2 rings (SSSR count). The van der Waals surface area contributed by atoms with Crippen molar-refractivity contribution in [1.82, 2.24) is 0 Å². The minimum absolute atomic E-state index is 0.0951. The molecule has 1 aromatic carbocycles. The number of amides is 1. The molecule has 1 N–H and O–H groups in total. The van der Waals surface area contributed by atoms with E-state index in [9.17, 15) is 14.0 Å². The van der Waals surface area contributed by atoms with Gasteiger partial charge in [0.2, 0.25) is 0 Å². The molecule has 0 radical (unpaired) electrons. The molecule has 114 valence electrons. The Bertz CT molecular complexity index is 544. The van der Waals surface area contributed by atoms with Crippen molar-refractivity contribution in [2.45, 2.75) is 38.7 Å². The first-order valence-electron chi connectivity index (χ1n) is 6.94. The van der Waals surface area contributed by atoms with Crippen molar-refractivity contribution in [1.29, 1.82) is 0 Å². The van der Waals surface area contributed by atoms with Crippen molar-refractivity contribution in [3.05, 3.63) is 29.0 Å². The first-order chi connectivity index (χ1) is 9.97. The van der Waals surface area contributed by atoms with Crippen molar-refractivity contribution in [3.63, 3.8) is 0 Å². The van der Waals surface area contributed by atoms with Gasteiger partial charge in [-0.05, 0) is 38.0 Å². The van der Waals surface area contributed by atoms with Gasteiger partial charge >= 0.3 is 5.97 Å². The Hall–Kier alpha value is -1.62. The molecule has 0 bridgehead atoms. The van der Waals surface area contributed by atoms with Gasteiger partial charge < -0.3 is 10.1 Å². The molecule has 4 nitrogen and oxygen atoms in total. The smallest absolute Gasteiger partial charge is 0.309 e. The fourth-order valence-corrected chi connectivity index (χ4v) is 2.53. The maximum absolute atomic E-state index is 12.9. The van der Waals surface area contributed by atoms with Gasteiger partial charge in [0.1, 0.15) is 5.82 Å². The quantitative estimate of drug-likeness (QED) is 0.865. The molecule has 0 heterocycles. The van der Waals surface area contributed by atoms with Crippen molar-refractivity contribution in [2.24, 2.45) is 5.92 Å². The molecule has 0 aliphatic heterocycles. The lowest BCUT2D eigenvalue weighted by atomic mass is 10.1. The number of ether oxygens (including phenoxy) is 1. The first-order valence-corrected chi connectivity index (χ1v) is 7.31. The molecule has 1 aromatic rings. The maximum atomic E-state index is 12.9. The van der Waals surface area contributed by atoms with Gasteiger partial charge in [-0.1, -0.05) is 24.4 Å². The van der Waals surface area contributed by atoms with Crippen molar-refractivity contribution < 1.29 is 18.7 Å². The zero-order valence-corrected chi connectivity index (χ0v) is 12.5. The summed E-state index contributed by atoms with van der Waals surface area (Å²) in [6.07, 6.45) is 2.75. The number of carbonyl (C=O) groups excluding carboxylic acids is 2. The van der Waals surface area contributed by atoms with E-state index in [1.54, 1.807) is 0 Å². The third-order valence-electron chi connectivity index (χ3n) is 3.54. The van der Waals surface area contributed by atoms with Gasteiger partial charge in [-0.15, -0.1) is 0 Å². The Morgan fingerprint density at radius 2 is 2.05 bits per heavy atom. The number of rotatable bonds is 4. The number of esters is 1. The second kappa shape index (κ2) is 6.89. The molecule has 1 atom stereocenters.